The van der Waals surface area contributed by atoms with Crippen LogP contribution in [0.5, 0.6) is 0 Å². The van der Waals surface area contributed by atoms with Gasteiger partial charge in [0.2, 0.25) is 5.91 Å². The van der Waals surface area contributed by atoms with E-state index < -0.39 is 0 Å². The van der Waals surface area contributed by atoms with Crippen molar-refractivity contribution in [2.24, 2.45) is 11.7 Å². The molecular weight excluding hydrogens is 316 g/mol. The zero-order chi connectivity index (χ0) is 15.0. The Balaban J connectivity index is 2.44. The Morgan fingerprint density at radius 2 is 2.05 bits per heavy atom. The second-order valence-electron chi connectivity index (χ2n) is 5.20. The minimum atomic E-state index is 0.0210. The molecule has 0 radical (unpaired) electrons. The molecular formula is C16H25BrN2O. The van der Waals surface area contributed by atoms with Gasteiger partial charge in [-0.05, 0) is 43.9 Å². The minimum absolute atomic E-state index is 0.0210. The molecule has 0 saturated heterocycles. The molecule has 0 saturated carbocycles. The van der Waals surface area contributed by atoms with Crippen molar-refractivity contribution >= 4 is 21.8 Å². The molecule has 3 nitrogen and oxygen atoms in total. The molecule has 0 heterocycles. The van der Waals surface area contributed by atoms with E-state index in [4.69, 9.17) is 5.73 Å². The second kappa shape index (κ2) is 9.14. The normalized spacial score (nSPS) is 13.8. The number of rotatable bonds is 8. The van der Waals surface area contributed by atoms with Crippen molar-refractivity contribution in [2.75, 3.05) is 6.54 Å². The van der Waals surface area contributed by atoms with Crippen molar-refractivity contribution in [2.45, 2.75) is 45.6 Å². The maximum atomic E-state index is 12.0. The van der Waals surface area contributed by atoms with E-state index in [-0.39, 0.29) is 11.9 Å². The van der Waals surface area contributed by atoms with Crippen molar-refractivity contribution in [3.8, 4) is 0 Å². The summed E-state index contributed by atoms with van der Waals surface area (Å²) in [6.07, 6.45) is 3.59. The lowest BCUT2D eigenvalue weighted by Crippen LogP contribution is -2.27. The molecule has 20 heavy (non-hydrogen) atoms. The van der Waals surface area contributed by atoms with Crippen molar-refractivity contribution in [1.29, 1.82) is 0 Å². The summed E-state index contributed by atoms with van der Waals surface area (Å²) >= 11 is 3.52. The topological polar surface area (TPSA) is 55.1 Å². The minimum Gasteiger partial charge on any atom is -0.350 e. The lowest BCUT2D eigenvalue weighted by molar-refractivity contribution is -0.122. The van der Waals surface area contributed by atoms with Crippen molar-refractivity contribution < 1.29 is 4.79 Å². The van der Waals surface area contributed by atoms with Gasteiger partial charge in [0.1, 0.15) is 0 Å². The van der Waals surface area contributed by atoms with Crippen LogP contribution >= 0.6 is 15.9 Å². The summed E-state index contributed by atoms with van der Waals surface area (Å²) in [4.78, 5) is 12.0. The monoisotopic (exact) mass is 340 g/mol. The van der Waals surface area contributed by atoms with Crippen LogP contribution in [0, 0.1) is 5.92 Å². The van der Waals surface area contributed by atoms with E-state index in [9.17, 15) is 4.79 Å². The van der Waals surface area contributed by atoms with Gasteiger partial charge in [0.25, 0.3) is 0 Å². The molecule has 0 fully saturated rings. The van der Waals surface area contributed by atoms with E-state index in [1.165, 1.54) is 0 Å². The summed E-state index contributed by atoms with van der Waals surface area (Å²) in [5, 5.41) is 3.06. The molecule has 1 aromatic rings. The molecule has 1 amide bonds. The molecule has 0 aliphatic heterocycles. The molecule has 0 bridgehead atoms. The average molecular weight is 341 g/mol. The van der Waals surface area contributed by atoms with Gasteiger partial charge >= 0.3 is 0 Å². The summed E-state index contributed by atoms with van der Waals surface area (Å²) in [5.74, 6) is 0.674. The smallest absolute Gasteiger partial charge is 0.220 e. The zero-order valence-corrected chi connectivity index (χ0v) is 13.9. The van der Waals surface area contributed by atoms with E-state index in [0.717, 1.165) is 29.3 Å². The Hall–Kier alpha value is -0.870. The van der Waals surface area contributed by atoms with Crippen LogP contribution in [-0.4, -0.2) is 12.5 Å². The first kappa shape index (κ1) is 17.2. The van der Waals surface area contributed by atoms with Gasteiger partial charge in [0, 0.05) is 10.9 Å². The fourth-order valence-corrected chi connectivity index (χ4v) is 2.97. The molecule has 4 heteroatoms. The van der Waals surface area contributed by atoms with Crippen LogP contribution in [0.25, 0.3) is 0 Å². The number of benzene rings is 1. The third-order valence-electron chi connectivity index (χ3n) is 3.68. The van der Waals surface area contributed by atoms with E-state index in [0.29, 0.717) is 18.9 Å². The first-order valence-corrected chi connectivity index (χ1v) is 8.11. The Kier molecular flexibility index (Phi) is 7.85. The molecule has 2 atom stereocenters. The molecule has 1 rings (SSSR count). The van der Waals surface area contributed by atoms with E-state index in [1.807, 2.05) is 31.2 Å². The van der Waals surface area contributed by atoms with Crippen LogP contribution in [0.3, 0.4) is 0 Å². The van der Waals surface area contributed by atoms with Gasteiger partial charge in [-0.25, -0.2) is 0 Å². The number of hydrogen-bond acceptors (Lipinski definition) is 2. The van der Waals surface area contributed by atoms with Gasteiger partial charge in [-0.15, -0.1) is 0 Å². The van der Waals surface area contributed by atoms with Crippen molar-refractivity contribution in [3.05, 3.63) is 34.3 Å². The Bertz CT molecular complexity index is 423. The third kappa shape index (κ3) is 5.63. The van der Waals surface area contributed by atoms with Gasteiger partial charge in [-0.2, -0.15) is 0 Å². The van der Waals surface area contributed by atoms with Crippen LogP contribution in [0.2, 0.25) is 0 Å². The predicted octanol–water partition coefficient (Wildman–Crippen LogP) is 3.78. The van der Waals surface area contributed by atoms with Crippen LogP contribution in [0.15, 0.2) is 28.7 Å². The standard InChI is InChI=1S/C16H25BrN2O/c1-3-13(10-11-18)8-9-16(20)19-12(2)14-6-4-5-7-15(14)17/h4-7,12-13H,3,8-11,18H2,1-2H3,(H,19,20)/t12-,13?/m1/s1. The molecule has 0 aliphatic rings. The molecule has 0 aliphatic carbocycles. The molecule has 112 valence electrons. The third-order valence-corrected chi connectivity index (χ3v) is 4.40. The maximum absolute atomic E-state index is 12.0. The number of amides is 1. The fraction of sp³-hybridized carbons (Fsp3) is 0.562. The highest BCUT2D eigenvalue weighted by Crippen LogP contribution is 2.23. The largest absolute Gasteiger partial charge is 0.350 e. The van der Waals surface area contributed by atoms with Gasteiger partial charge < -0.3 is 11.1 Å². The summed E-state index contributed by atoms with van der Waals surface area (Å²) in [5.41, 5.74) is 6.69. The molecule has 0 aromatic heterocycles. The summed E-state index contributed by atoms with van der Waals surface area (Å²) in [6, 6.07) is 8.00. The van der Waals surface area contributed by atoms with E-state index in [2.05, 4.69) is 28.2 Å². The first-order chi connectivity index (χ1) is 9.58. The summed E-state index contributed by atoms with van der Waals surface area (Å²) in [7, 11) is 0. The average Bonchev–Trinajstić information content (AvgIpc) is 2.43. The highest BCUT2D eigenvalue weighted by molar-refractivity contribution is 9.10. The van der Waals surface area contributed by atoms with Gasteiger partial charge in [-0.3, -0.25) is 4.79 Å². The van der Waals surface area contributed by atoms with Crippen LogP contribution in [0.1, 0.15) is 51.1 Å². The number of hydrogen-bond donors (Lipinski definition) is 2. The Morgan fingerprint density at radius 1 is 1.35 bits per heavy atom. The molecule has 0 spiro atoms. The number of nitrogens with one attached hydrogen (secondary N) is 1. The van der Waals surface area contributed by atoms with E-state index >= 15 is 0 Å². The first-order valence-electron chi connectivity index (χ1n) is 7.32. The Morgan fingerprint density at radius 3 is 2.65 bits per heavy atom. The van der Waals surface area contributed by atoms with Crippen LogP contribution < -0.4 is 11.1 Å². The van der Waals surface area contributed by atoms with Gasteiger partial charge in [0.05, 0.1) is 6.04 Å². The lowest BCUT2D eigenvalue weighted by Gasteiger charge is -2.17. The van der Waals surface area contributed by atoms with Gasteiger partial charge in [0.15, 0.2) is 0 Å². The molecule has 1 unspecified atom stereocenters. The zero-order valence-electron chi connectivity index (χ0n) is 12.4. The van der Waals surface area contributed by atoms with Gasteiger partial charge in [-0.1, -0.05) is 47.5 Å². The highest BCUT2D eigenvalue weighted by atomic mass is 79.9. The maximum Gasteiger partial charge on any atom is 0.220 e. The lowest BCUT2D eigenvalue weighted by atomic mass is 9.96. The predicted molar refractivity (Wildman–Crippen MR) is 87.4 cm³/mol. The number of halogens is 1. The SMILES string of the molecule is CCC(CCN)CCC(=O)N[C@H](C)c1ccccc1Br. The highest BCUT2D eigenvalue weighted by Gasteiger charge is 2.13. The number of nitrogens with two attached hydrogens (primary N) is 1. The number of carbonyl (C=O) groups excluding carboxylic acids is 1. The molecule has 1 aromatic carbocycles. The van der Waals surface area contributed by atoms with Crippen LogP contribution in [0.4, 0.5) is 0 Å². The van der Waals surface area contributed by atoms with E-state index in [1.54, 1.807) is 0 Å². The summed E-state index contributed by atoms with van der Waals surface area (Å²) < 4.78 is 1.03. The van der Waals surface area contributed by atoms with Crippen molar-refractivity contribution in [1.82, 2.24) is 5.32 Å². The Labute approximate surface area is 130 Å². The summed E-state index contributed by atoms with van der Waals surface area (Å²) in [6.45, 7) is 4.87. The number of carbonyl (C=O) groups is 1. The second-order valence-corrected chi connectivity index (χ2v) is 6.06. The molecule has 3 N–H and O–H groups in total. The quantitative estimate of drug-likeness (QED) is 0.756. The fourth-order valence-electron chi connectivity index (χ4n) is 2.34. The van der Waals surface area contributed by atoms with Crippen molar-refractivity contribution in [3.63, 3.8) is 0 Å². The van der Waals surface area contributed by atoms with Crippen LogP contribution in [-0.2, 0) is 4.79 Å².